The fraction of sp³-hybridized carbons (Fsp3) is 0.257. The minimum Gasteiger partial charge on any atom is -0.326 e. The third-order valence-corrected chi connectivity index (χ3v) is 8.17. The molecule has 1 fully saturated rings. The number of unbranched alkanes of at least 4 members (excludes halogenated alkanes) is 1. The van der Waals surface area contributed by atoms with Gasteiger partial charge in [-0.2, -0.15) is 5.10 Å². The molecule has 7 nitrogen and oxygen atoms in total. The molecule has 1 saturated heterocycles. The van der Waals surface area contributed by atoms with E-state index >= 15 is 0 Å². The number of aryl methyl sites for hydroxylation is 3. The van der Waals surface area contributed by atoms with Crippen LogP contribution in [0, 0.1) is 6.92 Å². The van der Waals surface area contributed by atoms with Gasteiger partial charge in [0.05, 0.1) is 16.9 Å². The van der Waals surface area contributed by atoms with Gasteiger partial charge in [0.1, 0.15) is 6.33 Å². The molecule has 1 aliphatic heterocycles. The quantitative estimate of drug-likeness (QED) is 0.166. The van der Waals surface area contributed by atoms with Crippen LogP contribution in [0.4, 0.5) is 5.69 Å². The molecule has 3 heterocycles. The third-order valence-electron chi connectivity index (χ3n) is 8.17. The number of imide groups is 1. The summed E-state index contributed by atoms with van der Waals surface area (Å²) in [6, 6.07) is 24.9. The molecule has 0 bridgehead atoms. The Morgan fingerprint density at radius 1 is 0.786 bits per heavy atom. The van der Waals surface area contributed by atoms with E-state index in [1.165, 1.54) is 21.6 Å². The Hall–Kier alpha value is -4.62. The fourth-order valence-corrected chi connectivity index (χ4v) is 5.78. The third kappa shape index (κ3) is 5.74. The highest BCUT2D eigenvalue weighted by Gasteiger charge is 2.27. The summed E-state index contributed by atoms with van der Waals surface area (Å²) < 4.78 is 1.93. The number of nitrogens with two attached hydrogens (primary N) is 1. The first kappa shape index (κ1) is 27.5. The maximum Gasteiger partial charge on any atom is 0.233 e. The van der Waals surface area contributed by atoms with Gasteiger partial charge < -0.3 is 5.73 Å². The number of hydrogen-bond donors (Lipinski definition) is 1. The lowest BCUT2D eigenvalue weighted by Gasteiger charge is -2.25. The summed E-state index contributed by atoms with van der Waals surface area (Å²) in [6.07, 6.45) is 9.41. The van der Waals surface area contributed by atoms with E-state index in [9.17, 15) is 9.59 Å². The summed E-state index contributed by atoms with van der Waals surface area (Å²) in [7, 11) is 0. The lowest BCUT2D eigenvalue weighted by atomic mass is 10.00. The normalized spacial score (nSPS) is 13.7. The van der Waals surface area contributed by atoms with Gasteiger partial charge in [-0.05, 0) is 96.7 Å². The van der Waals surface area contributed by atoms with Gasteiger partial charge in [-0.3, -0.25) is 14.5 Å². The number of carbonyl (C=O) groups excluding carboxylic acids is 2. The number of piperidine rings is 1. The highest BCUT2D eigenvalue weighted by atomic mass is 16.2. The van der Waals surface area contributed by atoms with Crippen LogP contribution < -0.4 is 10.6 Å². The molecule has 0 atom stereocenters. The van der Waals surface area contributed by atoms with Gasteiger partial charge in [0.15, 0.2) is 0 Å². The molecule has 2 N–H and O–H groups in total. The maximum absolute atomic E-state index is 12.2. The largest absolute Gasteiger partial charge is 0.326 e. The molecule has 2 aromatic heterocycles. The van der Waals surface area contributed by atoms with Crippen molar-refractivity contribution in [1.29, 1.82) is 0 Å². The number of rotatable bonds is 9. The van der Waals surface area contributed by atoms with E-state index in [4.69, 9.17) is 5.73 Å². The van der Waals surface area contributed by atoms with Crippen molar-refractivity contribution in [2.45, 2.75) is 58.4 Å². The van der Waals surface area contributed by atoms with Gasteiger partial charge in [0, 0.05) is 31.1 Å². The molecule has 5 aromatic rings. The standard InChI is InChI=1S/C35H35N5O2/c1-24-19-29(13-14-30(24)21-36)35-32-20-26(22-39(32)38-23-37-35)6-3-2-5-25-9-11-27(12-10-25)28-15-17-31(18-16-28)40-33(41)7-4-8-34(40)42/h9-20,22-23H,2-8,21,36H2,1H3. The lowest BCUT2D eigenvalue weighted by molar-refractivity contribution is -0.129. The average molecular weight is 558 g/mol. The smallest absolute Gasteiger partial charge is 0.233 e. The Morgan fingerprint density at radius 2 is 1.43 bits per heavy atom. The first-order valence-electron chi connectivity index (χ1n) is 14.7. The summed E-state index contributed by atoms with van der Waals surface area (Å²) in [5.41, 5.74) is 16.6. The molecule has 42 heavy (non-hydrogen) atoms. The summed E-state index contributed by atoms with van der Waals surface area (Å²) in [5.74, 6) is -0.229. The van der Waals surface area contributed by atoms with Crippen LogP contribution in [0.5, 0.6) is 0 Å². The van der Waals surface area contributed by atoms with Gasteiger partial charge in [-0.25, -0.2) is 9.50 Å². The second kappa shape index (κ2) is 12.1. The first-order chi connectivity index (χ1) is 20.5. The van der Waals surface area contributed by atoms with E-state index in [-0.39, 0.29) is 11.8 Å². The number of anilines is 1. The highest BCUT2D eigenvalue weighted by Crippen LogP contribution is 2.28. The van der Waals surface area contributed by atoms with Gasteiger partial charge in [0.2, 0.25) is 11.8 Å². The van der Waals surface area contributed by atoms with Gasteiger partial charge in [-0.1, -0.05) is 48.5 Å². The van der Waals surface area contributed by atoms with Crippen molar-refractivity contribution in [3.8, 4) is 22.4 Å². The number of benzene rings is 3. The Bertz CT molecular complexity index is 1720. The highest BCUT2D eigenvalue weighted by molar-refractivity contribution is 6.16. The molecule has 2 amide bonds. The molecule has 0 radical (unpaired) electrons. The molecule has 212 valence electrons. The number of nitrogens with zero attached hydrogens (tertiary/aromatic N) is 4. The van der Waals surface area contributed by atoms with Crippen molar-refractivity contribution in [2.24, 2.45) is 5.73 Å². The predicted molar refractivity (Wildman–Crippen MR) is 166 cm³/mol. The van der Waals surface area contributed by atoms with E-state index in [1.807, 2.05) is 28.8 Å². The number of hydrogen-bond acceptors (Lipinski definition) is 5. The Balaban J connectivity index is 1.05. The molecule has 0 aliphatic carbocycles. The molecule has 0 saturated carbocycles. The Labute approximate surface area is 246 Å². The molecular formula is C35H35N5O2. The zero-order valence-electron chi connectivity index (χ0n) is 23.9. The summed E-state index contributed by atoms with van der Waals surface area (Å²) in [4.78, 5) is 30.3. The van der Waals surface area contributed by atoms with Crippen LogP contribution in [-0.4, -0.2) is 26.4 Å². The first-order valence-corrected chi connectivity index (χ1v) is 14.7. The maximum atomic E-state index is 12.2. The Morgan fingerprint density at radius 3 is 2.10 bits per heavy atom. The van der Waals surface area contributed by atoms with E-state index in [2.05, 4.69) is 71.7 Å². The van der Waals surface area contributed by atoms with Gasteiger partial charge in [-0.15, -0.1) is 0 Å². The van der Waals surface area contributed by atoms with Crippen LogP contribution in [0.3, 0.4) is 0 Å². The monoisotopic (exact) mass is 557 g/mol. The summed E-state index contributed by atoms with van der Waals surface area (Å²) in [5, 5.41) is 4.44. The number of amides is 2. The summed E-state index contributed by atoms with van der Waals surface area (Å²) >= 11 is 0. The van der Waals surface area contributed by atoms with E-state index in [1.54, 1.807) is 6.33 Å². The number of fused-ring (bicyclic) bond motifs is 1. The molecule has 6 rings (SSSR count). The van der Waals surface area contributed by atoms with Crippen molar-refractivity contribution in [3.05, 3.63) is 108 Å². The van der Waals surface area contributed by atoms with Gasteiger partial charge in [0.25, 0.3) is 0 Å². The molecule has 0 unspecified atom stereocenters. The van der Waals surface area contributed by atoms with Crippen LogP contribution >= 0.6 is 0 Å². The van der Waals surface area contributed by atoms with Crippen molar-refractivity contribution in [1.82, 2.24) is 14.6 Å². The molecular weight excluding hydrogens is 522 g/mol. The van der Waals surface area contributed by atoms with Crippen LogP contribution in [0.25, 0.3) is 27.9 Å². The number of carbonyl (C=O) groups is 2. The van der Waals surface area contributed by atoms with Crippen LogP contribution in [-0.2, 0) is 29.0 Å². The topological polar surface area (TPSA) is 93.6 Å². The molecule has 0 spiro atoms. The second-order valence-corrected chi connectivity index (χ2v) is 11.1. The van der Waals surface area contributed by atoms with Crippen molar-refractivity contribution < 1.29 is 9.59 Å². The van der Waals surface area contributed by atoms with Crippen LogP contribution in [0.2, 0.25) is 0 Å². The number of aromatic nitrogens is 3. The van der Waals surface area contributed by atoms with Crippen LogP contribution in [0.15, 0.2) is 85.3 Å². The van der Waals surface area contributed by atoms with E-state index in [0.29, 0.717) is 31.5 Å². The minimum absolute atomic E-state index is 0.115. The predicted octanol–water partition coefficient (Wildman–Crippen LogP) is 6.44. The zero-order valence-corrected chi connectivity index (χ0v) is 23.9. The second-order valence-electron chi connectivity index (χ2n) is 11.1. The van der Waals surface area contributed by atoms with Crippen molar-refractivity contribution >= 4 is 23.0 Å². The van der Waals surface area contributed by atoms with E-state index < -0.39 is 0 Å². The SMILES string of the molecule is Cc1cc(-c2ncnn3cc(CCCCc4ccc(-c5ccc(N6C(=O)CCCC6=O)cc5)cc4)cc23)ccc1CN. The van der Waals surface area contributed by atoms with Crippen molar-refractivity contribution in [3.63, 3.8) is 0 Å². The molecule has 3 aromatic carbocycles. The average Bonchev–Trinajstić information content (AvgIpc) is 3.43. The fourth-order valence-electron chi connectivity index (χ4n) is 5.78. The van der Waals surface area contributed by atoms with Crippen LogP contribution in [0.1, 0.15) is 54.4 Å². The molecule has 1 aliphatic rings. The van der Waals surface area contributed by atoms with Crippen molar-refractivity contribution in [2.75, 3.05) is 4.90 Å². The minimum atomic E-state index is -0.115. The Kier molecular flexibility index (Phi) is 7.93. The molecule has 7 heteroatoms. The summed E-state index contributed by atoms with van der Waals surface area (Å²) in [6.45, 7) is 2.62. The van der Waals surface area contributed by atoms with E-state index in [0.717, 1.165) is 59.1 Å². The van der Waals surface area contributed by atoms with Gasteiger partial charge >= 0.3 is 0 Å². The zero-order chi connectivity index (χ0) is 29.1. The lowest BCUT2D eigenvalue weighted by Crippen LogP contribution is -2.40.